The highest BCUT2D eigenvalue weighted by Crippen LogP contribution is 2.38. The Labute approximate surface area is 113 Å². The van der Waals surface area contributed by atoms with Crippen LogP contribution in [-0.2, 0) is 6.42 Å². The first-order chi connectivity index (χ1) is 9.09. The van der Waals surface area contributed by atoms with E-state index in [-0.39, 0.29) is 6.04 Å². The van der Waals surface area contributed by atoms with Crippen LogP contribution in [-0.4, -0.2) is 14.9 Å². The molecule has 1 N–H and O–H groups in total. The zero-order chi connectivity index (χ0) is 13.6. The Morgan fingerprint density at radius 1 is 1.21 bits per heavy atom. The van der Waals surface area contributed by atoms with Crippen LogP contribution in [0.25, 0.3) is 0 Å². The Hall–Kier alpha value is -1.61. The van der Waals surface area contributed by atoms with Gasteiger partial charge in [0.05, 0.1) is 11.7 Å². The molecule has 2 unspecified atom stereocenters. The van der Waals surface area contributed by atoms with Crippen LogP contribution in [0.2, 0.25) is 0 Å². The molecular formula is C16H20N2O. The van der Waals surface area contributed by atoms with Gasteiger partial charge >= 0.3 is 0 Å². The van der Waals surface area contributed by atoms with E-state index < -0.39 is 6.10 Å². The maximum atomic E-state index is 10.6. The van der Waals surface area contributed by atoms with Crippen molar-refractivity contribution in [2.45, 2.75) is 45.8 Å². The lowest BCUT2D eigenvalue weighted by atomic mass is 9.86. The molecule has 0 saturated heterocycles. The standard InChI is InChI=1S/C16H20N2O/c1-10-11(2)17-18(12(10)3)15-9-8-13-6-4-5-7-14(13)16(15)19/h4-7,15-16,19H,8-9H2,1-3H3. The summed E-state index contributed by atoms with van der Waals surface area (Å²) in [7, 11) is 0. The normalized spacial score (nSPS) is 22.3. The minimum absolute atomic E-state index is 0.0577. The van der Waals surface area contributed by atoms with Crippen molar-refractivity contribution in [1.82, 2.24) is 9.78 Å². The molecular weight excluding hydrogens is 236 g/mol. The molecule has 0 bridgehead atoms. The molecule has 1 aliphatic carbocycles. The van der Waals surface area contributed by atoms with Gasteiger partial charge in [0.1, 0.15) is 6.10 Å². The van der Waals surface area contributed by atoms with Crippen LogP contribution in [0.15, 0.2) is 24.3 Å². The highest BCUT2D eigenvalue weighted by atomic mass is 16.3. The summed E-state index contributed by atoms with van der Waals surface area (Å²) in [5, 5.41) is 15.3. The molecule has 2 aromatic rings. The molecule has 0 fully saturated rings. The fourth-order valence-corrected chi connectivity index (χ4v) is 3.04. The van der Waals surface area contributed by atoms with Gasteiger partial charge in [0.15, 0.2) is 0 Å². The number of nitrogens with zero attached hydrogens (tertiary/aromatic N) is 2. The summed E-state index contributed by atoms with van der Waals surface area (Å²) in [6, 6.07) is 8.24. The number of rotatable bonds is 1. The van der Waals surface area contributed by atoms with Gasteiger partial charge in [-0.1, -0.05) is 24.3 Å². The Morgan fingerprint density at radius 2 is 1.95 bits per heavy atom. The van der Waals surface area contributed by atoms with Gasteiger partial charge in [0.2, 0.25) is 0 Å². The van der Waals surface area contributed by atoms with E-state index in [0.717, 1.165) is 24.1 Å². The molecule has 3 rings (SSSR count). The average molecular weight is 256 g/mol. The van der Waals surface area contributed by atoms with Crippen molar-refractivity contribution >= 4 is 0 Å². The van der Waals surface area contributed by atoms with E-state index in [1.165, 1.54) is 16.8 Å². The molecule has 3 heteroatoms. The highest BCUT2D eigenvalue weighted by Gasteiger charge is 2.30. The zero-order valence-corrected chi connectivity index (χ0v) is 11.7. The lowest BCUT2D eigenvalue weighted by Crippen LogP contribution is -2.25. The van der Waals surface area contributed by atoms with Gasteiger partial charge in [-0.05, 0) is 50.3 Å². The smallest absolute Gasteiger partial charge is 0.102 e. The van der Waals surface area contributed by atoms with Crippen LogP contribution in [0.1, 0.15) is 46.6 Å². The van der Waals surface area contributed by atoms with Crippen LogP contribution in [0.3, 0.4) is 0 Å². The molecule has 1 aliphatic rings. The number of fused-ring (bicyclic) bond motifs is 1. The Balaban J connectivity index is 2.02. The van der Waals surface area contributed by atoms with Crippen molar-refractivity contribution in [2.24, 2.45) is 0 Å². The quantitative estimate of drug-likeness (QED) is 0.851. The molecule has 100 valence electrons. The van der Waals surface area contributed by atoms with Gasteiger partial charge in [-0.2, -0.15) is 5.10 Å². The van der Waals surface area contributed by atoms with Crippen LogP contribution >= 0.6 is 0 Å². The predicted molar refractivity (Wildman–Crippen MR) is 75.2 cm³/mol. The summed E-state index contributed by atoms with van der Waals surface area (Å²) >= 11 is 0. The number of aromatic nitrogens is 2. The zero-order valence-electron chi connectivity index (χ0n) is 11.7. The fourth-order valence-electron chi connectivity index (χ4n) is 3.04. The van der Waals surface area contributed by atoms with Crippen LogP contribution in [0.5, 0.6) is 0 Å². The van der Waals surface area contributed by atoms with E-state index in [2.05, 4.69) is 25.0 Å². The summed E-state index contributed by atoms with van der Waals surface area (Å²) in [5.41, 5.74) is 5.78. The lowest BCUT2D eigenvalue weighted by molar-refractivity contribution is 0.0909. The molecule has 2 atom stereocenters. The fraction of sp³-hybridized carbons (Fsp3) is 0.438. The molecule has 0 aliphatic heterocycles. The van der Waals surface area contributed by atoms with Crippen molar-refractivity contribution < 1.29 is 5.11 Å². The molecule has 0 spiro atoms. The summed E-state index contributed by atoms with van der Waals surface area (Å²) in [6.45, 7) is 6.21. The summed E-state index contributed by atoms with van der Waals surface area (Å²) in [5.74, 6) is 0. The van der Waals surface area contributed by atoms with E-state index in [0.29, 0.717) is 0 Å². The van der Waals surface area contributed by atoms with Crippen LogP contribution in [0.4, 0.5) is 0 Å². The third kappa shape index (κ3) is 1.89. The topological polar surface area (TPSA) is 38.0 Å². The number of hydrogen-bond donors (Lipinski definition) is 1. The van der Waals surface area contributed by atoms with E-state index in [1.54, 1.807) is 0 Å². The molecule has 19 heavy (non-hydrogen) atoms. The Morgan fingerprint density at radius 3 is 2.63 bits per heavy atom. The first kappa shape index (κ1) is 12.4. The van der Waals surface area contributed by atoms with Crippen LogP contribution in [0, 0.1) is 20.8 Å². The monoisotopic (exact) mass is 256 g/mol. The van der Waals surface area contributed by atoms with Crippen LogP contribution < -0.4 is 0 Å². The minimum atomic E-state index is -0.456. The maximum Gasteiger partial charge on any atom is 0.102 e. The molecule has 0 radical (unpaired) electrons. The average Bonchev–Trinajstić information content (AvgIpc) is 2.67. The van der Waals surface area contributed by atoms with E-state index >= 15 is 0 Å². The number of benzene rings is 1. The molecule has 0 saturated carbocycles. The predicted octanol–water partition coefficient (Wildman–Crippen LogP) is 3.03. The first-order valence-electron chi connectivity index (χ1n) is 6.87. The van der Waals surface area contributed by atoms with Gasteiger partial charge < -0.3 is 5.11 Å². The van der Waals surface area contributed by atoms with Gasteiger partial charge in [-0.25, -0.2) is 0 Å². The maximum absolute atomic E-state index is 10.6. The van der Waals surface area contributed by atoms with E-state index in [4.69, 9.17) is 0 Å². The second-order valence-electron chi connectivity index (χ2n) is 5.49. The van der Waals surface area contributed by atoms with Gasteiger partial charge in [0, 0.05) is 5.69 Å². The second-order valence-corrected chi connectivity index (χ2v) is 5.49. The van der Waals surface area contributed by atoms with Crippen molar-refractivity contribution in [1.29, 1.82) is 0 Å². The molecule has 3 nitrogen and oxygen atoms in total. The second kappa shape index (κ2) is 4.49. The molecule has 1 aromatic carbocycles. The number of aliphatic hydroxyl groups is 1. The van der Waals surface area contributed by atoms with Gasteiger partial charge in [-0.15, -0.1) is 0 Å². The Kier molecular flexibility index (Phi) is 2.94. The van der Waals surface area contributed by atoms with Gasteiger partial charge in [-0.3, -0.25) is 4.68 Å². The third-order valence-electron chi connectivity index (χ3n) is 4.45. The minimum Gasteiger partial charge on any atom is -0.386 e. The Bertz CT molecular complexity index is 615. The van der Waals surface area contributed by atoms with E-state index in [9.17, 15) is 5.11 Å². The molecule has 0 amide bonds. The van der Waals surface area contributed by atoms with Gasteiger partial charge in [0.25, 0.3) is 0 Å². The first-order valence-corrected chi connectivity index (χ1v) is 6.87. The number of aliphatic hydroxyl groups excluding tert-OH is 1. The van der Waals surface area contributed by atoms with Crippen molar-refractivity contribution in [2.75, 3.05) is 0 Å². The lowest BCUT2D eigenvalue weighted by Gasteiger charge is -2.31. The summed E-state index contributed by atoms with van der Waals surface area (Å²) in [6.07, 6.45) is 1.50. The number of hydrogen-bond acceptors (Lipinski definition) is 2. The SMILES string of the molecule is Cc1nn(C2CCc3ccccc3C2O)c(C)c1C. The molecule has 1 aromatic heterocycles. The highest BCUT2D eigenvalue weighted by molar-refractivity contribution is 5.33. The van der Waals surface area contributed by atoms with Crippen molar-refractivity contribution in [3.63, 3.8) is 0 Å². The van der Waals surface area contributed by atoms with Crippen molar-refractivity contribution in [3.8, 4) is 0 Å². The largest absolute Gasteiger partial charge is 0.386 e. The summed E-state index contributed by atoms with van der Waals surface area (Å²) < 4.78 is 2.02. The van der Waals surface area contributed by atoms with Crippen molar-refractivity contribution in [3.05, 3.63) is 52.3 Å². The third-order valence-corrected chi connectivity index (χ3v) is 4.45. The van der Waals surface area contributed by atoms with E-state index in [1.807, 2.05) is 29.8 Å². The number of aryl methyl sites for hydroxylation is 2. The molecule has 1 heterocycles. The summed E-state index contributed by atoms with van der Waals surface area (Å²) in [4.78, 5) is 0.